The molecule has 0 aliphatic heterocycles. The van der Waals surface area contributed by atoms with E-state index in [-0.39, 0.29) is 23.9 Å². The normalized spacial score (nSPS) is 11.9. The Balaban J connectivity index is 1.94. The average molecular weight is 564 g/mol. The summed E-state index contributed by atoms with van der Waals surface area (Å²) in [5.74, 6) is -0.969. The molecule has 13 heteroatoms. The number of benzene rings is 2. The van der Waals surface area contributed by atoms with Gasteiger partial charge in [0, 0.05) is 35.2 Å². The van der Waals surface area contributed by atoms with Gasteiger partial charge in [0.05, 0.1) is 35.6 Å². The molecule has 2 aromatic heterocycles. The Morgan fingerprint density at radius 3 is 2.44 bits per heavy atom. The molecule has 0 aliphatic carbocycles. The summed E-state index contributed by atoms with van der Waals surface area (Å²) in [5, 5.41) is 0. The van der Waals surface area contributed by atoms with Crippen molar-refractivity contribution in [3.63, 3.8) is 0 Å². The SMILES string of the molecule is COc1cc(F)ccc1-c1ccncc1N(Cc1ncc(C)o1)C(=O)c1cc(C(F)(F)F)cc(S(C)(=O)=O)c1. The van der Waals surface area contributed by atoms with Gasteiger partial charge in [-0.1, -0.05) is 0 Å². The summed E-state index contributed by atoms with van der Waals surface area (Å²) in [6.07, 6.45) is -0.0923. The highest BCUT2D eigenvalue weighted by atomic mass is 32.2. The summed E-state index contributed by atoms with van der Waals surface area (Å²) in [4.78, 5) is 22.4. The molecule has 4 aromatic rings. The summed E-state index contributed by atoms with van der Waals surface area (Å²) in [6.45, 7) is 1.27. The van der Waals surface area contributed by atoms with Crippen LogP contribution in [0.25, 0.3) is 11.1 Å². The quantitative estimate of drug-likeness (QED) is 0.275. The van der Waals surface area contributed by atoms with Crippen molar-refractivity contribution in [1.82, 2.24) is 9.97 Å². The summed E-state index contributed by atoms with van der Waals surface area (Å²) >= 11 is 0. The van der Waals surface area contributed by atoms with Gasteiger partial charge in [0.25, 0.3) is 5.91 Å². The fourth-order valence-corrected chi connectivity index (χ4v) is 4.53. The van der Waals surface area contributed by atoms with Gasteiger partial charge < -0.3 is 9.15 Å². The van der Waals surface area contributed by atoms with Crippen LogP contribution in [0.1, 0.15) is 27.6 Å². The Bertz CT molecular complexity index is 1650. The van der Waals surface area contributed by atoms with Gasteiger partial charge in [-0.3, -0.25) is 14.7 Å². The maximum absolute atomic E-state index is 13.9. The van der Waals surface area contributed by atoms with Crippen LogP contribution >= 0.6 is 0 Å². The zero-order valence-electron chi connectivity index (χ0n) is 20.8. The Morgan fingerprint density at radius 2 is 1.82 bits per heavy atom. The number of sulfone groups is 1. The van der Waals surface area contributed by atoms with Crippen LogP contribution in [0.4, 0.5) is 23.2 Å². The second-order valence-corrected chi connectivity index (χ2v) is 10.5. The number of anilines is 1. The number of alkyl halides is 3. The standard InChI is InChI=1S/C26H21F4N3O5S/c1-15-12-32-24(38-15)14-33(22-13-31-7-6-20(22)21-5-4-18(27)11-23(21)37-2)25(34)16-8-17(26(28,29)30)10-19(9-16)39(3,35)36/h4-13H,14H2,1-3H3. The smallest absolute Gasteiger partial charge is 0.416 e. The molecule has 0 radical (unpaired) electrons. The number of methoxy groups -OCH3 is 1. The number of pyridine rings is 1. The van der Waals surface area contributed by atoms with Crippen LogP contribution in [0.15, 0.2) is 70.4 Å². The third-order valence-corrected chi connectivity index (χ3v) is 6.75. The number of oxazole rings is 1. The molecule has 8 nitrogen and oxygen atoms in total. The Kier molecular flexibility index (Phi) is 7.46. The molecule has 0 saturated carbocycles. The number of carbonyl (C=O) groups excluding carboxylic acids is 1. The molecule has 0 unspecified atom stereocenters. The molecule has 0 spiro atoms. The summed E-state index contributed by atoms with van der Waals surface area (Å²) in [7, 11) is -2.79. The number of amides is 1. The van der Waals surface area contributed by atoms with E-state index in [4.69, 9.17) is 9.15 Å². The van der Waals surface area contributed by atoms with Gasteiger partial charge in [0.2, 0.25) is 5.89 Å². The van der Waals surface area contributed by atoms with E-state index in [1.165, 1.54) is 43.9 Å². The minimum absolute atomic E-state index is 0.0528. The van der Waals surface area contributed by atoms with Crippen LogP contribution in [0, 0.1) is 12.7 Å². The fraction of sp³-hybridized carbons (Fsp3) is 0.192. The van der Waals surface area contributed by atoms with Gasteiger partial charge in [-0.2, -0.15) is 13.2 Å². The number of aromatic nitrogens is 2. The van der Waals surface area contributed by atoms with Gasteiger partial charge in [-0.05, 0) is 43.3 Å². The van der Waals surface area contributed by atoms with E-state index in [1.807, 2.05) is 0 Å². The van der Waals surface area contributed by atoms with Crippen molar-refractivity contribution in [1.29, 1.82) is 0 Å². The first kappa shape index (κ1) is 27.8. The number of aryl methyl sites for hydroxylation is 1. The highest BCUT2D eigenvalue weighted by Crippen LogP contribution is 2.38. The molecule has 204 valence electrons. The topological polar surface area (TPSA) is 103 Å². The molecule has 0 bridgehead atoms. The molecular formula is C26H21F4N3O5S. The average Bonchev–Trinajstić information content (AvgIpc) is 3.30. The van der Waals surface area contributed by atoms with Crippen LogP contribution in [0.2, 0.25) is 0 Å². The zero-order chi connectivity index (χ0) is 28.5. The van der Waals surface area contributed by atoms with Crippen molar-refractivity contribution in [3.8, 4) is 16.9 Å². The van der Waals surface area contributed by atoms with Crippen molar-refractivity contribution in [3.05, 3.63) is 89.7 Å². The molecule has 1 amide bonds. The van der Waals surface area contributed by atoms with Crippen LogP contribution in [0.5, 0.6) is 5.75 Å². The van der Waals surface area contributed by atoms with Gasteiger partial charge in [0.1, 0.15) is 23.9 Å². The lowest BCUT2D eigenvalue weighted by molar-refractivity contribution is -0.137. The second-order valence-electron chi connectivity index (χ2n) is 8.51. The Hall–Kier alpha value is -4.26. The molecule has 39 heavy (non-hydrogen) atoms. The predicted molar refractivity (Wildman–Crippen MR) is 132 cm³/mol. The lowest BCUT2D eigenvalue weighted by Gasteiger charge is -2.25. The predicted octanol–water partition coefficient (Wildman–Crippen LogP) is 5.46. The van der Waals surface area contributed by atoms with E-state index in [0.29, 0.717) is 29.0 Å². The van der Waals surface area contributed by atoms with E-state index in [0.717, 1.165) is 23.3 Å². The van der Waals surface area contributed by atoms with Gasteiger partial charge in [-0.15, -0.1) is 0 Å². The van der Waals surface area contributed by atoms with Gasteiger partial charge in [0.15, 0.2) is 9.84 Å². The summed E-state index contributed by atoms with van der Waals surface area (Å²) in [5.41, 5.74) is -1.07. The van der Waals surface area contributed by atoms with Gasteiger partial charge >= 0.3 is 6.18 Å². The highest BCUT2D eigenvalue weighted by molar-refractivity contribution is 7.90. The largest absolute Gasteiger partial charge is 0.496 e. The summed E-state index contributed by atoms with van der Waals surface area (Å²) < 4.78 is 90.1. The van der Waals surface area contributed by atoms with Crippen molar-refractivity contribution < 1.29 is 39.9 Å². The monoisotopic (exact) mass is 563 g/mol. The Morgan fingerprint density at radius 1 is 1.08 bits per heavy atom. The lowest BCUT2D eigenvalue weighted by Crippen LogP contribution is -2.31. The maximum Gasteiger partial charge on any atom is 0.416 e. The van der Waals surface area contributed by atoms with Crippen molar-refractivity contribution in [2.45, 2.75) is 24.5 Å². The second kappa shape index (κ2) is 10.5. The third kappa shape index (κ3) is 6.08. The molecule has 2 aromatic carbocycles. The molecular weight excluding hydrogens is 542 g/mol. The lowest BCUT2D eigenvalue weighted by atomic mass is 10.0. The number of hydrogen-bond donors (Lipinski definition) is 0. The molecule has 2 heterocycles. The van der Waals surface area contributed by atoms with Crippen LogP contribution in [-0.2, 0) is 22.6 Å². The molecule has 0 aliphatic rings. The van der Waals surface area contributed by atoms with E-state index in [9.17, 15) is 30.8 Å². The van der Waals surface area contributed by atoms with E-state index in [1.54, 1.807) is 6.92 Å². The minimum atomic E-state index is -4.93. The fourth-order valence-electron chi connectivity index (χ4n) is 3.85. The van der Waals surface area contributed by atoms with Crippen molar-refractivity contribution >= 4 is 21.4 Å². The van der Waals surface area contributed by atoms with Crippen molar-refractivity contribution in [2.24, 2.45) is 0 Å². The number of ether oxygens (including phenoxy) is 1. The molecule has 0 fully saturated rings. The van der Waals surface area contributed by atoms with Crippen LogP contribution in [0.3, 0.4) is 0 Å². The van der Waals surface area contributed by atoms with Gasteiger partial charge in [-0.25, -0.2) is 17.8 Å². The number of carbonyl (C=O) groups is 1. The van der Waals surface area contributed by atoms with E-state index in [2.05, 4.69) is 9.97 Å². The molecule has 0 N–H and O–H groups in total. The minimum Gasteiger partial charge on any atom is -0.496 e. The molecule has 4 rings (SSSR count). The zero-order valence-corrected chi connectivity index (χ0v) is 21.6. The van der Waals surface area contributed by atoms with Crippen molar-refractivity contribution in [2.75, 3.05) is 18.3 Å². The number of halogens is 4. The van der Waals surface area contributed by atoms with Crippen LogP contribution < -0.4 is 9.64 Å². The maximum atomic E-state index is 13.9. The third-order valence-electron chi connectivity index (χ3n) is 5.66. The van der Waals surface area contributed by atoms with E-state index < -0.39 is 43.8 Å². The van der Waals surface area contributed by atoms with E-state index >= 15 is 0 Å². The Labute approximate surface area is 220 Å². The molecule has 0 saturated heterocycles. The number of rotatable bonds is 7. The highest BCUT2D eigenvalue weighted by Gasteiger charge is 2.34. The molecule has 0 atom stereocenters. The number of hydrogen-bond acceptors (Lipinski definition) is 7. The first-order chi connectivity index (χ1) is 18.3. The first-order valence-corrected chi connectivity index (χ1v) is 13.1. The number of nitrogens with zero attached hydrogens (tertiary/aromatic N) is 3. The van der Waals surface area contributed by atoms with Crippen LogP contribution in [-0.4, -0.2) is 37.7 Å². The first-order valence-electron chi connectivity index (χ1n) is 11.2. The summed E-state index contributed by atoms with van der Waals surface area (Å²) in [6, 6.07) is 7.14.